The SMILES string of the molecule is ClCc1c2ccccc2cc2ccc(Cl)cc12. The Morgan fingerprint density at radius 3 is 2.41 bits per heavy atom. The molecule has 0 nitrogen and oxygen atoms in total. The van der Waals surface area contributed by atoms with E-state index in [0.29, 0.717) is 5.88 Å². The van der Waals surface area contributed by atoms with Gasteiger partial charge < -0.3 is 0 Å². The molecule has 0 amide bonds. The molecule has 0 heterocycles. The number of fused-ring (bicyclic) bond motifs is 2. The minimum absolute atomic E-state index is 0.498. The number of benzene rings is 3. The van der Waals surface area contributed by atoms with Crippen LogP contribution in [0, 0.1) is 0 Å². The summed E-state index contributed by atoms with van der Waals surface area (Å²) in [6.45, 7) is 0. The maximum atomic E-state index is 6.09. The molecule has 0 atom stereocenters. The van der Waals surface area contributed by atoms with Crippen molar-refractivity contribution in [3.05, 3.63) is 59.1 Å². The first kappa shape index (κ1) is 10.9. The average Bonchev–Trinajstić information content (AvgIpc) is 2.36. The van der Waals surface area contributed by atoms with Gasteiger partial charge in [0, 0.05) is 10.9 Å². The fraction of sp³-hybridized carbons (Fsp3) is 0.0667. The number of halogens is 2. The molecule has 0 N–H and O–H groups in total. The van der Waals surface area contributed by atoms with Crippen LogP contribution in [0.5, 0.6) is 0 Å². The predicted octanol–water partition coefficient (Wildman–Crippen LogP) is 5.39. The minimum Gasteiger partial charge on any atom is -0.122 e. The van der Waals surface area contributed by atoms with Crippen LogP contribution in [-0.2, 0) is 5.88 Å². The summed E-state index contributed by atoms with van der Waals surface area (Å²) in [5.41, 5.74) is 1.15. The molecule has 84 valence electrons. The van der Waals surface area contributed by atoms with Crippen LogP contribution in [0.3, 0.4) is 0 Å². The van der Waals surface area contributed by atoms with Gasteiger partial charge in [-0.2, -0.15) is 0 Å². The van der Waals surface area contributed by atoms with E-state index in [1.165, 1.54) is 16.2 Å². The Hall–Kier alpha value is -1.24. The summed E-state index contributed by atoms with van der Waals surface area (Å²) in [7, 11) is 0. The van der Waals surface area contributed by atoms with Crippen molar-refractivity contribution in [3.8, 4) is 0 Å². The van der Waals surface area contributed by atoms with Crippen molar-refractivity contribution in [2.45, 2.75) is 5.88 Å². The average molecular weight is 261 g/mol. The van der Waals surface area contributed by atoms with Gasteiger partial charge >= 0.3 is 0 Å². The normalized spacial score (nSPS) is 11.2. The molecule has 0 fully saturated rings. The summed E-state index contributed by atoms with van der Waals surface area (Å²) < 4.78 is 0. The lowest BCUT2D eigenvalue weighted by atomic mass is 9.98. The highest BCUT2D eigenvalue weighted by Gasteiger charge is 2.06. The van der Waals surface area contributed by atoms with E-state index in [1.807, 2.05) is 30.3 Å². The molecule has 3 aromatic carbocycles. The van der Waals surface area contributed by atoms with Gasteiger partial charge in [0.25, 0.3) is 0 Å². The molecule has 3 rings (SSSR count). The Morgan fingerprint density at radius 1 is 0.824 bits per heavy atom. The fourth-order valence-corrected chi connectivity index (χ4v) is 2.73. The first-order valence-electron chi connectivity index (χ1n) is 5.45. The Bertz CT molecular complexity index is 702. The van der Waals surface area contributed by atoms with Crippen LogP contribution in [0.2, 0.25) is 5.02 Å². The van der Waals surface area contributed by atoms with Crippen molar-refractivity contribution in [3.63, 3.8) is 0 Å². The third kappa shape index (κ3) is 1.78. The summed E-state index contributed by atoms with van der Waals surface area (Å²) >= 11 is 12.1. The first-order chi connectivity index (χ1) is 8.29. The van der Waals surface area contributed by atoms with Crippen LogP contribution in [0.15, 0.2) is 48.5 Å². The standard InChI is InChI=1S/C15H10Cl2/c16-9-15-13-4-2-1-3-10(13)7-11-5-6-12(17)8-14(11)15/h1-8H,9H2. The summed E-state index contributed by atoms with van der Waals surface area (Å²) in [4.78, 5) is 0. The van der Waals surface area contributed by atoms with Crippen LogP contribution in [0.1, 0.15) is 5.56 Å². The number of rotatable bonds is 1. The van der Waals surface area contributed by atoms with E-state index < -0.39 is 0 Å². The molecule has 0 unspecified atom stereocenters. The Balaban J connectivity index is 2.54. The molecule has 0 aliphatic carbocycles. The van der Waals surface area contributed by atoms with Crippen molar-refractivity contribution in [1.82, 2.24) is 0 Å². The van der Waals surface area contributed by atoms with E-state index in [9.17, 15) is 0 Å². The van der Waals surface area contributed by atoms with E-state index in [2.05, 4.69) is 18.2 Å². The van der Waals surface area contributed by atoms with Gasteiger partial charge in [0.2, 0.25) is 0 Å². The van der Waals surface area contributed by atoms with Crippen LogP contribution in [0.4, 0.5) is 0 Å². The molecule has 0 saturated carbocycles. The van der Waals surface area contributed by atoms with Gasteiger partial charge in [-0.05, 0) is 45.3 Å². The lowest BCUT2D eigenvalue weighted by Crippen LogP contribution is -1.86. The summed E-state index contributed by atoms with van der Waals surface area (Å²) in [5.74, 6) is 0.498. The lowest BCUT2D eigenvalue weighted by molar-refractivity contribution is 1.50. The van der Waals surface area contributed by atoms with Crippen molar-refractivity contribution in [1.29, 1.82) is 0 Å². The second-order valence-corrected chi connectivity index (χ2v) is 4.78. The van der Waals surface area contributed by atoms with Gasteiger partial charge in [0.15, 0.2) is 0 Å². The third-order valence-electron chi connectivity index (χ3n) is 3.07. The van der Waals surface area contributed by atoms with E-state index >= 15 is 0 Å². The monoisotopic (exact) mass is 260 g/mol. The highest BCUT2D eigenvalue weighted by molar-refractivity contribution is 6.31. The van der Waals surface area contributed by atoms with Crippen molar-refractivity contribution >= 4 is 44.7 Å². The Kier molecular flexibility index (Phi) is 2.70. The van der Waals surface area contributed by atoms with E-state index in [-0.39, 0.29) is 0 Å². The smallest absolute Gasteiger partial charge is 0.0486 e. The van der Waals surface area contributed by atoms with Crippen molar-refractivity contribution in [2.75, 3.05) is 0 Å². The van der Waals surface area contributed by atoms with E-state index in [0.717, 1.165) is 16.0 Å². The molecular weight excluding hydrogens is 251 g/mol. The molecule has 17 heavy (non-hydrogen) atoms. The van der Waals surface area contributed by atoms with Gasteiger partial charge in [-0.3, -0.25) is 0 Å². The second kappa shape index (κ2) is 4.21. The van der Waals surface area contributed by atoms with Gasteiger partial charge in [-0.15, -0.1) is 11.6 Å². The molecule has 3 aromatic rings. The molecule has 2 heteroatoms. The topological polar surface area (TPSA) is 0 Å². The zero-order valence-electron chi connectivity index (χ0n) is 9.08. The van der Waals surface area contributed by atoms with Crippen LogP contribution in [-0.4, -0.2) is 0 Å². The van der Waals surface area contributed by atoms with Crippen LogP contribution >= 0.6 is 23.2 Å². The second-order valence-electron chi connectivity index (χ2n) is 4.08. The highest BCUT2D eigenvalue weighted by Crippen LogP contribution is 2.31. The molecule has 0 aliphatic heterocycles. The first-order valence-corrected chi connectivity index (χ1v) is 6.37. The number of hydrogen-bond acceptors (Lipinski definition) is 0. The molecule has 0 saturated heterocycles. The van der Waals surface area contributed by atoms with Crippen LogP contribution < -0.4 is 0 Å². The van der Waals surface area contributed by atoms with Gasteiger partial charge in [-0.1, -0.05) is 41.9 Å². The molecule has 0 radical (unpaired) electrons. The quantitative estimate of drug-likeness (QED) is 0.407. The highest BCUT2D eigenvalue weighted by atomic mass is 35.5. The van der Waals surface area contributed by atoms with Crippen LogP contribution in [0.25, 0.3) is 21.5 Å². The Labute approximate surface area is 110 Å². The summed E-state index contributed by atoms with van der Waals surface area (Å²) in [6.07, 6.45) is 0. The number of alkyl halides is 1. The van der Waals surface area contributed by atoms with Gasteiger partial charge in [0.05, 0.1) is 0 Å². The summed E-state index contributed by atoms with van der Waals surface area (Å²) in [6, 6.07) is 16.4. The molecule has 0 spiro atoms. The largest absolute Gasteiger partial charge is 0.122 e. The zero-order chi connectivity index (χ0) is 11.8. The van der Waals surface area contributed by atoms with Gasteiger partial charge in [0.1, 0.15) is 0 Å². The molecule has 0 bridgehead atoms. The zero-order valence-corrected chi connectivity index (χ0v) is 10.6. The van der Waals surface area contributed by atoms with Crippen molar-refractivity contribution in [2.24, 2.45) is 0 Å². The van der Waals surface area contributed by atoms with Crippen molar-refractivity contribution < 1.29 is 0 Å². The Morgan fingerprint density at radius 2 is 1.59 bits per heavy atom. The maximum absolute atomic E-state index is 6.09. The number of hydrogen-bond donors (Lipinski definition) is 0. The predicted molar refractivity (Wildman–Crippen MR) is 76.0 cm³/mol. The molecule has 0 aliphatic rings. The fourth-order valence-electron chi connectivity index (χ4n) is 2.27. The van der Waals surface area contributed by atoms with Gasteiger partial charge in [-0.25, -0.2) is 0 Å². The minimum atomic E-state index is 0.498. The molecular formula is C15H10Cl2. The van der Waals surface area contributed by atoms with E-state index in [4.69, 9.17) is 23.2 Å². The third-order valence-corrected chi connectivity index (χ3v) is 3.57. The lowest BCUT2D eigenvalue weighted by Gasteiger charge is -2.09. The molecule has 0 aromatic heterocycles. The maximum Gasteiger partial charge on any atom is 0.0486 e. The van der Waals surface area contributed by atoms with E-state index in [1.54, 1.807) is 0 Å². The summed E-state index contributed by atoms with van der Waals surface area (Å²) in [5, 5.41) is 5.50.